The molecule has 1 aliphatic rings. The van der Waals surface area contributed by atoms with Crippen molar-refractivity contribution in [1.82, 2.24) is 10.2 Å². The number of nitrogens with zero attached hydrogens (tertiary/aromatic N) is 1. The van der Waals surface area contributed by atoms with E-state index < -0.39 is 9.84 Å². The molecule has 1 aromatic rings. The number of halogens is 1. The molecule has 2 rings (SSSR count). The quantitative estimate of drug-likeness (QED) is 0.644. The molecule has 0 spiro atoms. The number of rotatable bonds is 8. The van der Waals surface area contributed by atoms with Crippen molar-refractivity contribution in [2.45, 2.75) is 50.3 Å². The highest BCUT2D eigenvalue weighted by atomic mass is 35.5. The van der Waals surface area contributed by atoms with Crippen LogP contribution in [-0.2, 0) is 14.6 Å². The van der Waals surface area contributed by atoms with E-state index in [-0.39, 0.29) is 33.2 Å². The summed E-state index contributed by atoms with van der Waals surface area (Å²) in [7, 11) is -3.53. The number of nitrogens with one attached hydrogen (secondary N) is 1. The number of hydrogen-bond acceptors (Lipinski definition) is 4. The van der Waals surface area contributed by atoms with Crippen molar-refractivity contribution in [3.05, 3.63) is 28.8 Å². The molecule has 1 unspecified atom stereocenters. The normalized spacial score (nSPS) is 17.4. The molecule has 28 heavy (non-hydrogen) atoms. The van der Waals surface area contributed by atoms with Crippen LogP contribution in [-0.4, -0.2) is 51.0 Å². The topological polar surface area (TPSA) is 83.6 Å². The molecule has 0 aromatic heterocycles. The Morgan fingerprint density at radius 1 is 1.25 bits per heavy atom. The number of likely N-dealkylation sites (tertiary alicyclic amines) is 1. The van der Waals surface area contributed by atoms with Gasteiger partial charge in [-0.15, -0.1) is 0 Å². The first kappa shape index (κ1) is 22.7. The van der Waals surface area contributed by atoms with Crippen LogP contribution in [0.5, 0.6) is 0 Å². The third-order valence-electron chi connectivity index (χ3n) is 4.99. The molecule has 1 N–H and O–H groups in total. The number of hydrogen-bond donors (Lipinski definition) is 1. The Morgan fingerprint density at radius 3 is 2.68 bits per heavy atom. The lowest BCUT2D eigenvalue weighted by atomic mass is 9.96. The van der Waals surface area contributed by atoms with Gasteiger partial charge in [0.25, 0.3) is 5.91 Å². The average Bonchev–Trinajstić information content (AvgIpc) is 2.66. The van der Waals surface area contributed by atoms with Gasteiger partial charge in [0.1, 0.15) is 0 Å². The van der Waals surface area contributed by atoms with Crippen molar-refractivity contribution in [1.29, 1.82) is 0 Å². The summed E-state index contributed by atoms with van der Waals surface area (Å²) in [5.41, 5.74) is 0.269. The molecular formula is C20H29ClN2O4S. The van der Waals surface area contributed by atoms with Gasteiger partial charge in [0.15, 0.2) is 9.84 Å². The van der Waals surface area contributed by atoms with Gasteiger partial charge < -0.3 is 10.2 Å². The van der Waals surface area contributed by atoms with Crippen LogP contribution in [0.2, 0.25) is 5.02 Å². The van der Waals surface area contributed by atoms with Crippen LogP contribution in [0.1, 0.15) is 55.8 Å². The van der Waals surface area contributed by atoms with Crippen LogP contribution in [0, 0.1) is 5.92 Å². The second-order valence-corrected chi connectivity index (χ2v) is 9.75. The maximum Gasteiger partial charge on any atom is 0.253 e. The highest BCUT2D eigenvalue weighted by molar-refractivity contribution is 7.90. The number of benzene rings is 1. The summed E-state index contributed by atoms with van der Waals surface area (Å²) in [5, 5.41) is 3.07. The van der Waals surface area contributed by atoms with Gasteiger partial charge in [-0.25, -0.2) is 8.42 Å². The fourth-order valence-electron chi connectivity index (χ4n) is 3.39. The maximum atomic E-state index is 12.8. The van der Waals surface area contributed by atoms with Crippen molar-refractivity contribution in [2.75, 3.05) is 25.9 Å². The predicted molar refractivity (Wildman–Crippen MR) is 110 cm³/mol. The van der Waals surface area contributed by atoms with Gasteiger partial charge in [0.05, 0.1) is 15.8 Å². The fraction of sp³-hybridized carbons (Fsp3) is 0.600. The summed E-state index contributed by atoms with van der Waals surface area (Å²) in [6.45, 7) is 3.70. The molecule has 1 aromatic carbocycles. The Bertz CT molecular complexity index is 810. The minimum atomic E-state index is -3.53. The summed E-state index contributed by atoms with van der Waals surface area (Å²) in [5.74, 6) is -0.519. The van der Waals surface area contributed by atoms with Crippen LogP contribution < -0.4 is 5.32 Å². The molecule has 0 aliphatic carbocycles. The third kappa shape index (κ3) is 6.21. The standard InChI is InChI=1S/C20H29ClN2O4S/c1-3-4-5-6-11-22-19(24)16-8-7-12-23(14-16)20(25)15-9-10-17(21)18(13-15)28(2,26)27/h9-10,13,16H,3-8,11-12,14H2,1-2H3,(H,22,24). The van der Waals surface area contributed by atoms with Crippen molar-refractivity contribution in [3.63, 3.8) is 0 Å². The zero-order valence-corrected chi connectivity index (χ0v) is 18.1. The summed E-state index contributed by atoms with van der Waals surface area (Å²) in [6, 6.07) is 4.27. The van der Waals surface area contributed by atoms with Crippen LogP contribution in [0.4, 0.5) is 0 Å². The lowest BCUT2D eigenvalue weighted by molar-refractivity contribution is -0.126. The molecule has 156 valence electrons. The van der Waals surface area contributed by atoms with Crippen molar-refractivity contribution < 1.29 is 18.0 Å². The van der Waals surface area contributed by atoms with Crippen molar-refractivity contribution >= 4 is 33.3 Å². The fourth-order valence-corrected chi connectivity index (χ4v) is 4.69. The lowest BCUT2D eigenvalue weighted by Crippen LogP contribution is -2.45. The van der Waals surface area contributed by atoms with Gasteiger partial charge in [-0.3, -0.25) is 9.59 Å². The number of sulfone groups is 1. The third-order valence-corrected chi connectivity index (χ3v) is 6.56. The van der Waals surface area contributed by atoms with Gasteiger partial charge in [0.2, 0.25) is 5.91 Å². The van der Waals surface area contributed by atoms with Gasteiger partial charge >= 0.3 is 0 Å². The summed E-state index contributed by atoms with van der Waals surface area (Å²) in [4.78, 5) is 26.8. The van der Waals surface area contributed by atoms with E-state index in [0.717, 1.165) is 44.8 Å². The molecule has 1 saturated heterocycles. The molecular weight excluding hydrogens is 400 g/mol. The number of unbranched alkanes of at least 4 members (excludes halogenated alkanes) is 3. The molecule has 0 saturated carbocycles. The molecule has 1 atom stereocenters. The molecule has 0 bridgehead atoms. The Kier molecular flexibility index (Phi) is 8.31. The molecule has 8 heteroatoms. The Morgan fingerprint density at radius 2 is 2.00 bits per heavy atom. The van der Waals surface area contributed by atoms with Gasteiger partial charge in [-0.05, 0) is 37.5 Å². The lowest BCUT2D eigenvalue weighted by Gasteiger charge is -2.32. The van der Waals surface area contributed by atoms with E-state index in [0.29, 0.717) is 19.6 Å². The Balaban J connectivity index is 2.00. The number of piperidine rings is 1. The molecule has 1 fully saturated rings. The van der Waals surface area contributed by atoms with Crippen LogP contribution in [0.3, 0.4) is 0 Å². The monoisotopic (exact) mass is 428 g/mol. The molecule has 0 radical (unpaired) electrons. The molecule has 1 heterocycles. The van der Waals surface area contributed by atoms with Crippen LogP contribution in [0.15, 0.2) is 23.1 Å². The van der Waals surface area contributed by atoms with Crippen LogP contribution in [0.25, 0.3) is 0 Å². The van der Waals surface area contributed by atoms with Gasteiger partial charge in [0, 0.05) is 31.5 Å². The summed E-state index contributed by atoms with van der Waals surface area (Å²) < 4.78 is 23.7. The highest BCUT2D eigenvalue weighted by Gasteiger charge is 2.29. The number of carbonyl (C=O) groups excluding carboxylic acids is 2. The minimum absolute atomic E-state index is 0.0121. The largest absolute Gasteiger partial charge is 0.356 e. The molecule has 2 amide bonds. The predicted octanol–water partition coefficient (Wildman–Crippen LogP) is 3.29. The minimum Gasteiger partial charge on any atom is -0.356 e. The van der Waals surface area contributed by atoms with Gasteiger partial charge in [-0.1, -0.05) is 37.8 Å². The van der Waals surface area contributed by atoms with E-state index in [1.54, 1.807) is 4.90 Å². The smallest absolute Gasteiger partial charge is 0.253 e. The number of carbonyl (C=O) groups is 2. The summed E-state index contributed by atoms with van der Waals surface area (Å²) in [6.07, 6.45) is 6.94. The number of amides is 2. The van der Waals surface area contributed by atoms with E-state index in [4.69, 9.17) is 11.6 Å². The maximum absolute atomic E-state index is 12.8. The molecule has 1 aliphatic heterocycles. The van der Waals surface area contributed by atoms with E-state index >= 15 is 0 Å². The van der Waals surface area contributed by atoms with E-state index in [9.17, 15) is 18.0 Å². The second-order valence-electron chi connectivity index (χ2n) is 7.36. The second kappa shape index (κ2) is 10.3. The van der Waals surface area contributed by atoms with E-state index in [2.05, 4.69) is 12.2 Å². The first-order valence-electron chi connectivity index (χ1n) is 9.80. The van der Waals surface area contributed by atoms with E-state index in [1.807, 2.05) is 0 Å². The SMILES string of the molecule is CCCCCCNC(=O)C1CCCN(C(=O)c2ccc(Cl)c(S(C)(=O)=O)c2)C1. The van der Waals surface area contributed by atoms with Crippen molar-refractivity contribution in [3.8, 4) is 0 Å². The zero-order chi connectivity index (χ0) is 20.7. The van der Waals surface area contributed by atoms with Crippen molar-refractivity contribution in [2.24, 2.45) is 5.92 Å². The summed E-state index contributed by atoms with van der Waals surface area (Å²) >= 11 is 5.96. The Hall–Kier alpha value is -1.60. The average molecular weight is 429 g/mol. The Labute approximate surface area is 172 Å². The van der Waals surface area contributed by atoms with Gasteiger partial charge in [-0.2, -0.15) is 0 Å². The first-order chi connectivity index (χ1) is 13.2. The first-order valence-corrected chi connectivity index (χ1v) is 12.1. The van der Waals surface area contributed by atoms with Crippen LogP contribution >= 0.6 is 11.6 Å². The highest BCUT2D eigenvalue weighted by Crippen LogP contribution is 2.25. The molecule has 6 nitrogen and oxygen atoms in total. The zero-order valence-electron chi connectivity index (χ0n) is 16.5. The van der Waals surface area contributed by atoms with E-state index in [1.165, 1.54) is 18.2 Å².